The van der Waals surface area contributed by atoms with Crippen molar-refractivity contribution in [3.8, 4) is 5.75 Å². The van der Waals surface area contributed by atoms with Crippen LogP contribution in [0.25, 0.3) is 6.08 Å². The molecular weight excluding hydrogens is 358 g/mol. The highest BCUT2D eigenvalue weighted by atomic mass is 32.2. The number of aromatic carboxylic acids is 1. The van der Waals surface area contributed by atoms with Gasteiger partial charge in [-0.3, -0.25) is 9.69 Å². The van der Waals surface area contributed by atoms with Gasteiger partial charge in [0.2, 0.25) is 0 Å². The van der Waals surface area contributed by atoms with Crippen LogP contribution in [-0.4, -0.2) is 21.3 Å². The van der Waals surface area contributed by atoms with Crippen LogP contribution in [0.2, 0.25) is 0 Å². The average Bonchev–Trinajstić information content (AvgIpc) is 2.82. The summed E-state index contributed by atoms with van der Waals surface area (Å²) in [5.74, 6) is -1.55. The Balaban J connectivity index is 1.97. The number of anilines is 1. The number of amides is 1. The number of thiocarbonyl (C=S) groups is 1. The van der Waals surface area contributed by atoms with Gasteiger partial charge in [-0.25, -0.2) is 4.79 Å². The van der Waals surface area contributed by atoms with Crippen LogP contribution >= 0.6 is 24.0 Å². The molecule has 0 unspecified atom stereocenters. The second kappa shape index (κ2) is 6.70. The number of carbonyl (C=O) groups is 2. The average molecular weight is 370 g/mol. The third-order valence-electron chi connectivity index (χ3n) is 3.66. The summed E-state index contributed by atoms with van der Waals surface area (Å²) in [5, 5.41) is 20.7. The SMILES string of the molecule is Cc1ccc(N2C(=O)/C(=C/c3cccc([O-])c3)SC2=S)cc1C(=O)O. The standard InChI is InChI=1S/C18H13NO4S2/c1-10-5-6-12(9-14(10)17(22)23)19-16(21)15(25-18(19)24)8-11-3-2-4-13(20)7-11/h2-9,20H,1H3,(H,22,23)/p-1/b15-8-. The van der Waals surface area contributed by atoms with Gasteiger partial charge in [0.25, 0.3) is 5.91 Å². The predicted molar refractivity (Wildman–Crippen MR) is 99.7 cm³/mol. The van der Waals surface area contributed by atoms with Crippen molar-refractivity contribution in [1.82, 2.24) is 0 Å². The lowest BCUT2D eigenvalue weighted by molar-refractivity contribution is -0.268. The van der Waals surface area contributed by atoms with E-state index in [4.69, 9.17) is 12.2 Å². The van der Waals surface area contributed by atoms with Crippen molar-refractivity contribution in [3.05, 3.63) is 64.1 Å². The second-order valence-corrected chi connectivity index (χ2v) is 7.07. The van der Waals surface area contributed by atoms with Crippen LogP contribution in [-0.2, 0) is 4.79 Å². The molecule has 1 aliphatic heterocycles. The van der Waals surface area contributed by atoms with E-state index < -0.39 is 5.97 Å². The van der Waals surface area contributed by atoms with Crippen LogP contribution < -0.4 is 10.0 Å². The molecule has 25 heavy (non-hydrogen) atoms. The Morgan fingerprint density at radius 2 is 2.04 bits per heavy atom. The predicted octanol–water partition coefficient (Wildman–Crippen LogP) is 3.17. The Bertz CT molecular complexity index is 936. The summed E-state index contributed by atoms with van der Waals surface area (Å²) in [6.45, 7) is 1.69. The number of hydrogen-bond donors (Lipinski definition) is 1. The van der Waals surface area contributed by atoms with Crippen molar-refractivity contribution < 1.29 is 19.8 Å². The first-order valence-corrected chi connectivity index (χ1v) is 8.48. The summed E-state index contributed by atoms with van der Waals surface area (Å²) >= 11 is 6.39. The molecule has 1 N–H and O–H groups in total. The van der Waals surface area contributed by atoms with Crippen molar-refractivity contribution >= 4 is 51.9 Å². The van der Waals surface area contributed by atoms with Gasteiger partial charge in [0, 0.05) is 0 Å². The largest absolute Gasteiger partial charge is 0.872 e. The number of benzene rings is 2. The van der Waals surface area contributed by atoms with Crippen LogP contribution in [0.1, 0.15) is 21.5 Å². The molecule has 3 rings (SSSR count). The molecule has 1 aliphatic rings. The zero-order valence-electron chi connectivity index (χ0n) is 13.1. The number of rotatable bonds is 3. The van der Waals surface area contributed by atoms with Gasteiger partial charge in [-0.1, -0.05) is 54.3 Å². The summed E-state index contributed by atoms with van der Waals surface area (Å²) < 4.78 is 0.315. The second-order valence-electron chi connectivity index (χ2n) is 5.39. The van der Waals surface area contributed by atoms with E-state index >= 15 is 0 Å². The maximum absolute atomic E-state index is 12.7. The fraction of sp³-hybridized carbons (Fsp3) is 0.0556. The number of aryl methyl sites for hydroxylation is 1. The maximum Gasteiger partial charge on any atom is 0.336 e. The quantitative estimate of drug-likeness (QED) is 0.660. The van der Waals surface area contributed by atoms with Gasteiger partial charge in [0.15, 0.2) is 4.32 Å². The molecule has 0 atom stereocenters. The molecule has 5 nitrogen and oxygen atoms in total. The summed E-state index contributed by atoms with van der Waals surface area (Å²) in [5.41, 5.74) is 1.74. The zero-order valence-corrected chi connectivity index (χ0v) is 14.7. The normalized spacial score (nSPS) is 15.9. The zero-order chi connectivity index (χ0) is 18.1. The highest BCUT2D eigenvalue weighted by Gasteiger charge is 2.33. The first-order valence-electron chi connectivity index (χ1n) is 7.26. The highest BCUT2D eigenvalue weighted by Crippen LogP contribution is 2.36. The van der Waals surface area contributed by atoms with Crippen LogP contribution in [0.5, 0.6) is 5.75 Å². The minimum Gasteiger partial charge on any atom is -0.872 e. The lowest BCUT2D eigenvalue weighted by Crippen LogP contribution is -2.27. The molecule has 0 radical (unpaired) electrons. The number of carboxylic acid groups (broad SMARTS) is 1. The van der Waals surface area contributed by atoms with Crippen LogP contribution in [0, 0.1) is 6.92 Å². The molecule has 1 heterocycles. The molecule has 1 saturated heterocycles. The van der Waals surface area contributed by atoms with Gasteiger partial charge in [-0.2, -0.15) is 0 Å². The molecule has 2 aromatic rings. The van der Waals surface area contributed by atoms with E-state index in [1.165, 1.54) is 23.1 Å². The van der Waals surface area contributed by atoms with E-state index in [-0.39, 0.29) is 17.2 Å². The van der Waals surface area contributed by atoms with Gasteiger partial charge in [-0.15, -0.1) is 5.75 Å². The van der Waals surface area contributed by atoms with Crippen molar-refractivity contribution in [3.63, 3.8) is 0 Å². The smallest absolute Gasteiger partial charge is 0.336 e. The summed E-state index contributed by atoms with van der Waals surface area (Å²) in [6.07, 6.45) is 1.60. The highest BCUT2D eigenvalue weighted by molar-refractivity contribution is 8.27. The van der Waals surface area contributed by atoms with Crippen molar-refractivity contribution in [1.29, 1.82) is 0 Å². The van der Waals surface area contributed by atoms with Gasteiger partial charge in [0.05, 0.1) is 16.2 Å². The number of thioether (sulfide) groups is 1. The number of carbonyl (C=O) groups excluding carboxylic acids is 1. The lowest BCUT2D eigenvalue weighted by atomic mass is 10.1. The van der Waals surface area contributed by atoms with E-state index in [2.05, 4.69) is 0 Å². The summed E-state index contributed by atoms with van der Waals surface area (Å²) in [6, 6.07) is 10.9. The Labute approximate surface area is 153 Å². The maximum atomic E-state index is 12.7. The van der Waals surface area contributed by atoms with Crippen LogP contribution in [0.3, 0.4) is 0 Å². The summed E-state index contributed by atoms with van der Waals surface area (Å²) in [4.78, 5) is 25.7. The lowest BCUT2D eigenvalue weighted by Gasteiger charge is -2.16. The number of nitrogens with zero attached hydrogens (tertiary/aromatic N) is 1. The molecule has 0 aliphatic carbocycles. The molecule has 7 heteroatoms. The number of hydrogen-bond acceptors (Lipinski definition) is 5. The molecule has 2 aromatic carbocycles. The first kappa shape index (κ1) is 17.2. The van der Waals surface area contributed by atoms with Crippen LogP contribution in [0.15, 0.2) is 47.4 Å². The Morgan fingerprint density at radius 3 is 2.72 bits per heavy atom. The fourth-order valence-electron chi connectivity index (χ4n) is 2.43. The first-order chi connectivity index (χ1) is 11.9. The van der Waals surface area contributed by atoms with E-state index in [9.17, 15) is 19.8 Å². The molecule has 0 saturated carbocycles. The van der Waals surface area contributed by atoms with Gasteiger partial charge in [0.1, 0.15) is 0 Å². The molecular formula is C18H12NO4S2-. The Morgan fingerprint density at radius 1 is 1.28 bits per heavy atom. The number of carboxylic acids is 1. The van der Waals surface area contributed by atoms with E-state index in [0.717, 1.165) is 11.8 Å². The van der Waals surface area contributed by atoms with E-state index in [0.29, 0.717) is 26.0 Å². The molecule has 126 valence electrons. The molecule has 0 bridgehead atoms. The molecule has 1 fully saturated rings. The Kier molecular flexibility index (Phi) is 4.61. The minimum absolute atomic E-state index is 0.120. The minimum atomic E-state index is -1.06. The van der Waals surface area contributed by atoms with E-state index in [1.807, 2.05) is 0 Å². The van der Waals surface area contributed by atoms with Gasteiger partial charge < -0.3 is 10.2 Å². The van der Waals surface area contributed by atoms with Crippen molar-refractivity contribution in [2.24, 2.45) is 0 Å². The Hall–Kier alpha value is -2.64. The van der Waals surface area contributed by atoms with Crippen molar-refractivity contribution in [2.45, 2.75) is 6.92 Å². The topological polar surface area (TPSA) is 80.7 Å². The van der Waals surface area contributed by atoms with Gasteiger partial charge in [-0.05, 0) is 36.3 Å². The summed E-state index contributed by atoms with van der Waals surface area (Å²) in [7, 11) is 0. The third-order valence-corrected chi connectivity index (χ3v) is 4.96. The molecule has 1 amide bonds. The fourth-order valence-corrected chi connectivity index (χ4v) is 3.72. The third kappa shape index (κ3) is 3.42. The van der Waals surface area contributed by atoms with Gasteiger partial charge >= 0.3 is 5.97 Å². The van der Waals surface area contributed by atoms with Crippen molar-refractivity contribution in [2.75, 3.05) is 4.90 Å². The molecule has 0 aromatic heterocycles. The van der Waals surface area contributed by atoms with Crippen LogP contribution in [0.4, 0.5) is 5.69 Å². The van der Waals surface area contributed by atoms with E-state index in [1.54, 1.807) is 37.3 Å². The monoisotopic (exact) mass is 370 g/mol. The molecule has 0 spiro atoms.